The summed E-state index contributed by atoms with van der Waals surface area (Å²) in [7, 11) is 1.73. The Morgan fingerprint density at radius 2 is 1.86 bits per heavy atom. The van der Waals surface area contributed by atoms with E-state index in [1.807, 2.05) is 11.0 Å². The molecule has 1 aromatic rings. The molecule has 1 aromatic carbocycles. The third-order valence-corrected chi connectivity index (χ3v) is 7.86. The number of piperidine rings is 1. The van der Waals surface area contributed by atoms with E-state index in [2.05, 4.69) is 41.8 Å². The molecule has 6 nitrogen and oxygen atoms in total. The second-order valence-corrected chi connectivity index (χ2v) is 10.8. The lowest BCUT2D eigenvalue weighted by Crippen LogP contribution is -2.52. The van der Waals surface area contributed by atoms with Gasteiger partial charge in [0.05, 0.1) is 6.10 Å². The van der Waals surface area contributed by atoms with Crippen LogP contribution in [0.4, 0.5) is 4.79 Å². The molecule has 0 spiro atoms. The monoisotopic (exact) mass is 501 g/mol. The minimum Gasteiger partial charge on any atom is -0.385 e. The molecule has 1 aliphatic heterocycles. The summed E-state index contributed by atoms with van der Waals surface area (Å²) < 4.78 is 11.6. The first kappa shape index (κ1) is 28.9. The van der Waals surface area contributed by atoms with Gasteiger partial charge in [-0.2, -0.15) is 0 Å². The third-order valence-electron chi connectivity index (χ3n) is 7.86. The Balaban J connectivity index is 1.59. The first-order valence-electron chi connectivity index (χ1n) is 14.6. The maximum absolute atomic E-state index is 13.5. The molecule has 1 saturated carbocycles. The number of carbonyl (C=O) groups is 1. The Morgan fingerprint density at radius 1 is 1.06 bits per heavy atom. The molecule has 0 bridgehead atoms. The quantitative estimate of drug-likeness (QED) is 0.292. The normalized spacial score (nSPS) is 20.7. The van der Waals surface area contributed by atoms with E-state index < -0.39 is 0 Å². The highest BCUT2D eigenvalue weighted by Crippen LogP contribution is 2.33. The maximum atomic E-state index is 13.5. The van der Waals surface area contributed by atoms with Crippen LogP contribution in [0.5, 0.6) is 0 Å². The van der Waals surface area contributed by atoms with Gasteiger partial charge in [0.25, 0.3) is 0 Å². The van der Waals surface area contributed by atoms with Crippen LogP contribution in [0, 0.1) is 11.8 Å². The largest absolute Gasteiger partial charge is 0.385 e. The number of hydrogen-bond acceptors (Lipinski definition) is 4. The molecule has 2 fully saturated rings. The number of urea groups is 1. The van der Waals surface area contributed by atoms with Gasteiger partial charge in [-0.15, -0.1) is 0 Å². The predicted octanol–water partition coefficient (Wildman–Crippen LogP) is 5.93. The zero-order chi connectivity index (χ0) is 25.4. The van der Waals surface area contributed by atoms with Crippen LogP contribution in [0.25, 0.3) is 0 Å². The molecule has 2 amide bonds. The highest BCUT2D eigenvalue weighted by atomic mass is 16.5. The van der Waals surface area contributed by atoms with Gasteiger partial charge in [-0.3, -0.25) is 0 Å². The van der Waals surface area contributed by atoms with Crippen molar-refractivity contribution >= 4 is 6.03 Å². The molecule has 2 N–H and O–H groups in total. The Hall–Kier alpha value is -1.63. The number of hydrogen-bond donors (Lipinski definition) is 2. The summed E-state index contributed by atoms with van der Waals surface area (Å²) in [6, 6.07) is 10.8. The van der Waals surface area contributed by atoms with Crippen LogP contribution < -0.4 is 10.6 Å². The number of carbonyl (C=O) groups excluding carboxylic acids is 1. The van der Waals surface area contributed by atoms with Crippen LogP contribution in [-0.2, 0) is 9.47 Å². The zero-order valence-electron chi connectivity index (χ0n) is 22.9. The average molecular weight is 502 g/mol. The van der Waals surface area contributed by atoms with E-state index in [1.54, 1.807) is 7.11 Å². The summed E-state index contributed by atoms with van der Waals surface area (Å²) in [4.78, 5) is 15.5. The summed E-state index contributed by atoms with van der Waals surface area (Å²) in [5.41, 5.74) is 1.21. The average Bonchev–Trinajstić information content (AvgIpc) is 2.92. The number of nitrogens with one attached hydrogen (secondary N) is 2. The zero-order valence-corrected chi connectivity index (χ0v) is 22.9. The van der Waals surface area contributed by atoms with Crippen LogP contribution in [0.15, 0.2) is 30.3 Å². The molecule has 204 valence electrons. The van der Waals surface area contributed by atoms with Gasteiger partial charge in [0.2, 0.25) is 0 Å². The van der Waals surface area contributed by atoms with Crippen molar-refractivity contribution < 1.29 is 14.3 Å². The lowest BCUT2D eigenvalue weighted by Gasteiger charge is -2.38. The third kappa shape index (κ3) is 10.0. The molecule has 1 aliphatic carbocycles. The van der Waals surface area contributed by atoms with Crippen molar-refractivity contribution in [3.63, 3.8) is 0 Å². The number of rotatable bonds is 15. The second kappa shape index (κ2) is 17.0. The lowest BCUT2D eigenvalue weighted by atomic mass is 9.84. The highest BCUT2D eigenvalue weighted by Gasteiger charge is 2.32. The summed E-state index contributed by atoms with van der Waals surface area (Å²) in [6.07, 6.45) is 13.1. The van der Waals surface area contributed by atoms with Crippen LogP contribution in [-0.4, -0.2) is 63.5 Å². The maximum Gasteiger partial charge on any atom is 0.317 e. The first-order valence-corrected chi connectivity index (χ1v) is 14.6. The van der Waals surface area contributed by atoms with Crippen LogP contribution >= 0.6 is 0 Å². The van der Waals surface area contributed by atoms with E-state index in [1.165, 1.54) is 50.5 Å². The van der Waals surface area contributed by atoms with Crippen LogP contribution in [0.3, 0.4) is 0 Å². The number of likely N-dealkylation sites (tertiary alicyclic amines) is 1. The van der Waals surface area contributed by atoms with Crippen molar-refractivity contribution in [2.24, 2.45) is 11.8 Å². The van der Waals surface area contributed by atoms with Gasteiger partial charge in [0, 0.05) is 51.9 Å². The van der Waals surface area contributed by atoms with E-state index in [9.17, 15) is 4.79 Å². The molecular weight excluding hydrogens is 450 g/mol. The molecule has 3 rings (SSSR count). The Morgan fingerprint density at radius 3 is 2.61 bits per heavy atom. The van der Waals surface area contributed by atoms with Gasteiger partial charge >= 0.3 is 6.03 Å². The number of amides is 2. The van der Waals surface area contributed by atoms with Crippen molar-refractivity contribution in [1.82, 2.24) is 15.5 Å². The van der Waals surface area contributed by atoms with Crippen molar-refractivity contribution in [3.8, 4) is 0 Å². The molecular formula is C30H51N3O3. The predicted molar refractivity (Wildman–Crippen MR) is 147 cm³/mol. The SMILES string of the molecule is CCCCNCC(CC1CCCCC1)NC(=O)N1CCC[C@@H]([C@@H](OCCCOC)c2ccccc2)C1. The van der Waals surface area contributed by atoms with Gasteiger partial charge in [-0.05, 0) is 50.1 Å². The van der Waals surface area contributed by atoms with Gasteiger partial charge in [-0.25, -0.2) is 4.79 Å². The van der Waals surface area contributed by atoms with Crippen molar-refractivity contribution in [2.75, 3.05) is 46.5 Å². The number of benzene rings is 1. The van der Waals surface area contributed by atoms with Crippen molar-refractivity contribution in [3.05, 3.63) is 35.9 Å². The topological polar surface area (TPSA) is 62.8 Å². The molecule has 1 saturated heterocycles. The molecule has 3 atom stereocenters. The molecule has 36 heavy (non-hydrogen) atoms. The Bertz CT molecular complexity index is 711. The molecule has 1 unspecified atom stereocenters. The summed E-state index contributed by atoms with van der Waals surface area (Å²) >= 11 is 0. The number of nitrogens with zero attached hydrogens (tertiary/aromatic N) is 1. The smallest absolute Gasteiger partial charge is 0.317 e. The summed E-state index contributed by atoms with van der Waals surface area (Å²) in [5, 5.41) is 7.04. The first-order chi connectivity index (χ1) is 17.7. The molecule has 6 heteroatoms. The fourth-order valence-corrected chi connectivity index (χ4v) is 5.86. The molecule has 1 heterocycles. The molecule has 0 aromatic heterocycles. The summed E-state index contributed by atoms with van der Waals surface area (Å²) in [6.45, 7) is 7.06. The fraction of sp³-hybridized carbons (Fsp3) is 0.767. The lowest BCUT2D eigenvalue weighted by molar-refractivity contribution is -0.0168. The highest BCUT2D eigenvalue weighted by molar-refractivity contribution is 5.74. The Labute approximate surface area is 219 Å². The van der Waals surface area contributed by atoms with Crippen molar-refractivity contribution in [2.45, 2.75) is 89.7 Å². The fourth-order valence-electron chi connectivity index (χ4n) is 5.86. The standard InChI is InChI=1S/C30H51N3O3/c1-3-4-18-31-23-28(22-25-13-7-5-8-14-25)32-30(34)33-19-11-17-27(24-33)29(36-21-12-20-35-2)26-15-9-6-10-16-26/h6,9-10,15-16,25,27-29,31H,3-5,7-8,11-14,17-24H2,1-2H3,(H,32,34)/t27-,28?,29+/m1/s1. The number of unbranched alkanes of at least 4 members (excludes halogenated alkanes) is 1. The minimum atomic E-state index is 0.00685. The van der Waals surface area contributed by atoms with E-state index in [0.717, 1.165) is 57.8 Å². The van der Waals surface area contributed by atoms with E-state index in [4.69, 9.17) is 9.47 Å². The summed E-state index contributed by atoms with van der Waals surface area (Å²) in [5.74, 6) is 1.04. The van der Waals surface area contributed by atoms with Gasteiger partial charge in [0.1, 0.15) is 0 Å². The number of ether oxygens (including phenoxy) is 2. The second-order valence-electron chi connectivity index (χ2n) is 10.8. The van der Waals surface area contributed by atoms with Gasteiger partial charge in [0.15, 0.2) is 0 Å². The van der Waals surface area contributed by atoms with Crippen molar-refractivity contribution in [1.29, 1.82) is 0 Å². The molecule has 0 radical (unpaired) electrons. The van der Waals surface area contributed by atoms with Crippen LogP contribution in [0.2, 0.25) is 0 Å². The van der Waals surface area contributed by atoms with Crippen LogP contribution in [0.1, 0.15) is 89.2 Å². The molecule has 2 aliphatic rings. The Kier molecular flexibility index (Phi) is 13.7. The van der Waals surface area contributed by atoms with E-state index in [-0.39, 0.29) is 18.2 Å². The van der Waals surface area contributed by atoms with Gasteiger partial charge in [-0.1, -0.05) is 75.8 Å². The minimum absolute atomic E-state index is 0.00685. The van der Waals surface area contributed by atoms with E-state index >= 15 is 0 Å². The van der Waals surface area contributed by atoms with E-state index in [0.29, 0.717) is 19.1 Å². The number of methoxy groups -OCH3 is 1. The van der Waals surface area contributed by atoms with Gasteiger partial charge < -0.3 is 25.0 Å².